The van der Waals surface area contributed by atoms with Crippen molar-refractivity contribution in [2.75, 3.05) is 13.2 Å². The second-order valence-corrected chi connectivity index (χ2v) is 6.54. The van der Waals surface area contributed by atoms with Crippen molar-refractivity contribution in [3.8, 4) is 0 Å². The predicted molar refractivity (Wildman–Crippen MR) is 109 cm³/mol. The summed E-state index contributed by atoms with van der Waals surface area (Å²) in [5.74, 6) is -0.247. The summed E-state index contributed by atoms with van der Waals surface area (Å²) >= 11 is 0. The smallest absolute Gasteiger partial charge is 0.123 e. The summed E-state index contributed by atoms with van der Waals surface area (Å²) in [6.07, 6.45) is 5.80. The average Bonchev–Trinajstić information content (AvgIpc) is 2.70. The summed E-state index contributed by atoms with van der Waals surface area (Å²) in [5, 5.41) is 0. The van der Waals surface area contributed by atoms with Crippen LogP contribution >= 0.6 is 0 Å². The Labute approximate surface area is 161 Å². The number of hydrogen-bond donors (Lipinski definition) is 1. The van der Waals surface area contributed by atoms with Crippen LogP contribution in [0.1, 0.15) is 30.9 Å². The van der Waals surface area contributed by atoms with E-state index in [1.807, 2.05) is 17.2 Å². The maximum Gasteiger partial charge on any atom is 0.123 e. The molecule has 4 nitrogen and oxygen atoms in total. The van der Waals surface area contributed by atoms with Gasteiger partial charge in [-0.15, -0.1) is 0 Å². The lowest BCUT2D eigenvalue weighted by Crippen LogP contribution is -2.34. The van der Waals surface area contributed by atoms with E-state index in [0.717, 1.165) is 48.5 Å². The van der Waals surface area contributed by atoms with Crippen molar-refractivity contribution in [1.82, 2.24) is 14.8 Å². The molecule has 0 atom stereocenters. The number of hydrogen-bond acceptors (Lipinski definition) is 4. The number of benzene rings is 1. The molecule has 0 saturated heterocycles. The first-order valence-electron chi connectivity index (χ1n) is 9.26. The SMILES string of the molecule is C=C(C(=C)N(CCCC)Cc1cccnc1)N(CN)Cc1ccc(F)cc1. The predicted octanol–water partition coefficient (Wildman–Crippen LogP) is 4.27. The molecule has 1 aromatic heterocycles. The van der Waals surface area contributed by atoms with E-state index in [9.17, 15) is 4.39 Å². The molecule has 0 amide bonds. The zero-order chi connectivity index (χ0) is 19.6. The summed E-state index contributed by atoms with van der Waals surface area (Å²) in [4.78, 5) is 8.37. The maximum atomic E-state index is 13.1. The van der Waals surface area contributed by atoms with Gasteiger partial charge in [0.1, 0.15) is 5.82 Å². The topological polar surface area (TPSA) is 45.4 Å². The summed E-state index contributed by atoms with van der Waals surface area (Å²) in [6, 6.07) is 10.4. The van der Waals surface area contributed by atoms with Gasteiger partial charge in [0.05, 0.1) is 18.1 Å². The van der Waals surface area contributed by atoms with E-state index in [-0.39, 0.29) is 5.82 Å². The van der Waals surface area contributed by atoms with Crippen molar-refractivity contribution >= 4 is 0 Å². The van der Waals surface area contributed by atoms with Crippen LogP contribution in [0.15, 0.2) is 73.3 Å². The van der Waals surface area contributed by atoms with Gasteiger partial charge in [0.2, 0.25) is 0 Å². The van der Waals surface area contributed by atoms with Gasteiger partial charge in [-0.05, 0) is 35.7 Å². The molecule has 0 aliphatic carbocycles. The minimum atomic E-state index is -0.247. The lowest BCUT2D eigenvalue weighted by Gasteiger charge is -2.33. The third-order valence-corrected chi connectivity index (χ3v) is 4.48. The minimum Gasteiger partial charge on any atom is -0.366 e. The summed E-state index contributed by atoms with van der Waals surface area (Å²) < 4.78 is 13.1. The van der Waals surface area contributed by atoms with Gasteiger partial charge < -0.3 is 15.5 Å². The Morgan fingerprint density at radius 1 is 1.04 bits per heavy atom. The van der Waals surface area contributed by atoms with Crippen LogP contribution in [0.25, 0.3) is 0 Å². The Bertz CT molecular complexity index is 728. The Morgan fingerprint density at radius 3 is 2.30 bits per heavy atom. The minimum absolute atomic E-state index is 0.247. The van der Waals surface area contributed by atoms with Crippen molar-refractivity contribution in [3.63, 3.8) is 0 Å². The fraction of sp³-hybridized carbons (Fsp3) is 0.318. The van der Waals surface area contributed by atoms with E-state index in [2.05, 4.69) is 36.0 Å². The van der Waals surface area contributed by atoms with E-state index in [1.54, 1.807) is 18.3 Å². The average molecular weight is 369 g/mol. The molecular weight excluding hydrogens is 339 g/mol. The highest BCUT2D eigenvalue weighted by molar-refractivity contribution is 5.26. The van der Waals surface area contributed by atoms with Crippen LogP contribution in [-0.2, 0) is 13.1 Å². The lowest BCUT2D eigenvalue weighted by atomic mass is 10.1. The zero-order valence-corrected chi connectivity index (χ0v) is 16.1. The molecule has 0 radical (unpaired) electrons. The molecule has 144 valence electrons. The maximum absolute atomic E-state index is 13.1. The molecule has 2 aromatic rings. The second-order valence-electron chi connectivity index (χ2n) is 6.54. The van der Waals surface area contributed by atoms with E-state index < -0.39 is 0 Å². The highest BCUT2D eigenvalue weighted by atomic mass is 19.1. The number of halogens is 1. The van der Waals surface area contributed by atoms with Crippen LogP contribution in [0.4, 0.5) is 4.39 Å². The van der Waals surface area contributed by atoms with Crippen LogP contribution in [0, 0.1) is 5.82 Å². The molecule has 0 fully saturated rings. The van der Waals surface area contributed by atoms with Gasteiger partial charge >= 0.3 is 0 Å². The second kappa shape index (κ2) is 10.5. The van der Waals surface area contributed by atoms with Crippen LogP contribution in [0.3, 0.4) is 0 Å². The van der Waals surface area contributed by atoms with Crippen molar-refractivity contribution in [2.24, 2.45) is 5.73 Å². The first-order valence-corrected chi connectivity index (χ1v) is 9.26. The quantitative estimate of drug-likeness (QED) is 0.475. The molecule has 0 bridgehead atoms. The Hall–Kier alpha value is -2.66. The van der Waals surface area contributed by atoms with Crippen molar-refractivity contribution in [2.45, 2.75) is 32.9 Å². The van der Waals surface area contributed by atoms with Gasteiger partial charge in [-0.1, -0.05) is 44.7 Å². The number of pyridine rings is 1. The molecule has 2 rings (SSSR count). The normalized spacial score (nSPS) is 10.5. The Morgan fingerprint density at radius 2 is 1.70 bits per heavy atom. The van der Waals surface area contributed by atoms with Crippen LogP contribution in [-0.4, -0.2) is 28.0 Å². The highest BCUT2D eigenvalue weighted by Gasteiger charge is 2.16. The van der Waals surface area contributed by atoms with E-state index in [4.69, 9.17) is 5.73 Å². The van der Waals surface area contributed by atoms with Crippen molar-refractivity contribution in [1.29, 1.82) is 0 Å². The van der Waals surface area contributed by atoms with Gasteiger partial charge in [-0.2, -0.15) is 0 Å². The Balaban J connectivity index is 2.10. The highest BCUT2D eigenvalue weighted by Crippen LogP contribution is 2.21. The summed E-state index contributed by atoms with van der Waals surface area (Å²) in [7, 11) is 0. The molecule has 27 heavy (non-hydrogen) atoms. The number of aromatic nitrogens is 1. The molecule has 5 heteroatoms. The molecule has 0 saturated carbocycles. The first-order chi connectivity index (χ1) is 13.0. The third kappa shape index (κ3) is 6.22. The van der Waals surface area contributed by atoms with Crippen molar-refractivity contribution in [3.05, 3.63) is 90.3 Å². The Kier molecular flexibility index (Phi) is 8.01. The van der Waals surface area contributed by atoms with Gasteiger partial charge in [0.25, 0.3) is 0 Å². The van der Waals surface area contributed by atoms with Crippen LogP contribution in [0.2, 0.25) is 0 Å². The molecule has 0 aliphatic rings. The van der Waals surface area contributed by atoms with Gasteiger partial charge in [0, 0.05) is 32.0 Å². The lowest BCUT2D eigenvalue weighted by molar-refractivity contribution is 0.288. The molecule has 0 spiro atoms. The van der Waals surface area contributed by atoms with E-state index in [1.165, 1.54) is 12.1 Å². The van der Waals surface area contributed by atoms with Gasteiger partial charge in [-0.3, -0.25) is 4.98 Å². The summed E-state index contributed by atoms with van der Waals surface area (Å²) in [5.41, 5.74) is 9.69. The van der Waals surface area contributed by atoms with Gasteiger partial charge in [-0.25, -0.2) is 4.39 Å². The van der Waals surface area contributed by atoms with Crippen molar-refractivity contribution < 1.29 is 4.39 Å². The molecule has 2 N–H and O–H groups in total. The molecule has 1 heterocycles. The number of rotatable bonds is 11. The largest absolute Gasteiger partial charge is 0.366 e. The fourth-order valence-corrected chi connectivity index (χ4v) is 2.82. The standard InChI is InChI=1S/C22H29FN4/c1-4-5-13-26(16-21-7-6-12-25-14-21)18(2)19(3)27(17-24)15-20-8-10-22(23)11-9-20/h6-12,14H,2-5,13,15-17,24H2,1H3. The molecule has 0 unspecified atom stereocenters. The number of unbranched alkanes of at least 4 members (excludes halogenated alkanes) is 1. The molecular formula is C22H29FN4. The van der Waals surface area contributed by atoms with Crippen LogP contribution < -0.4 is 5.73 Å². The first kappa shape index (κ1) is 20.6. The monoisotopic (exact) mass is 368 g/mol. The zero-order valence-electron chi connectivity index (χ0n) is 16.1. The van der Waals surface area contributed by atoms with Gasteiger partial charge in [0.15, 0.2) is 0 Å². The van der Waals surface area contributed by atoms with E-state index >= 15 is 0 Å². The van der Waals surface area contributed by atoms with Crippen LogP contribution in [0.5, 0.6) is 0 Å². The summed E-state index contributed by atoms with van der Waals surface area (Å²) in [6.45, 7) is 13.1. The molecule has 0 aliphatic heterocycles. The number of nitrogens with two attached hydrogens (primary N) is 1. The number of nitrogens with zero attached hydrogens (tertiary/aromatic N) is 3. The fourth-order valence-electron chi connectivity index (χ4n) is 2.82. The van der Waals surface area contributed by atoms with E-state index in [0.29, 0.717) is 13.2 Å². The molecule has 1 aromatic carbocycles. The third-order valence-electron chi connectivity index (χ3n) is 4.48.